The van der Waals surface area contributed by atoms with E-state index in [4.69, 9.17) is 4.89 Å². The molecule has 0 bridgehead atoms. The van der Waals surface area contributed by atoms with Crippen molar-refractivity contribution in [2.75, 3.05) is 26.7 Å². The topological polar surface area (TPSA) is 37.3 Å². The highest BCUT2D eigenvalue weighted by molar-refractivity contribution is 7.49. The normalized spacial score (nSPS) is 7.75. The van der Waals surface area contributed by atoms with Gasteiger partial charge >= 0.3 is 7.80 Å². The fourth-order valence-electron chi connectivity index (χ4n) is 0. The fraction of sp³-hybridized carbons (Fsp3) is 1.00. The molecule has 0 rings (SSSR count). The van der Waals surface area contributed by atoms with Crippen LogP contribution in [0.2, 0.25) is 0 Å². The van der Waals surface area contributed by atoms with Crippen LogP contribution < -0.4 is 0 Å². The third-order valence-corrected chi connectivity index (χ3v) is 0. The summed E-state index contributed by atoms with van der Waals surface area (Å²) in [4.78, 5) is 8.12. The van der Waals surface area contributed by atoms with E-state index in [1.165, 1.54) is 0 Å². The Bertz CT molecular complexity index is 56.3. The quantitative estimate of drug-likeness (QED) is 0.540. The summed E-state index contributed by atoms with van der Waals surface area (Å²) in [7, 11) is -1.49. The summed E-state index contributed by atoms with van der Waals surface area (Å²) in [5, 5.41) is 0. The van der Waals surface area contributed by atoms with Gasteiger partial charge < -0.3 is 4.89 Å². The average molecular weight is 155 g/mol. The maximum absolute atomic E-state index is 9.59. The zero-order chi connectivity index (χ0) is 7.15. The zero-order valence-electron chi connectivity index (χ0n) is 5.75. The predicted molar refractivity (Wildman–Crippen MR) is 40.4 cm³/mol. The van der Waals surface area contributed by atoms with Crippen molar-refractivity contribution in [2.24, 2.45) is 0 Å². The molecule has 0 aliphatic rings. The number of rotatable bonds is 0. The largest absolute Gasteiger partial charge is 0.374 e. The van der Waals surface area contributed by atoms with Crippen molar-refractivity contribution in [1.29, 1.82) is 0 Å². The highest BCUT2D eigenvalue weighted by Gasteiger charge is 1.80. The van der Waals surface area contributed by atoms with Crippen LogP contribution in [0.15, 0.2) is 0 Å². The van der Waals surface area contributed by atoms with E-state index >= 15 is 0 Å². The van der Waals surface area contributed by atoms with Gasteiger partial charge in [0.2, 0.25) is 0 Å². The zero-order valence-corrected chi connectivity index (χ0v) is 7.54. The molecule has 0 saturated carbocycles. The van der Waals surface area contributed by atoms with Gasteiger partial charge in [0, 0.05) is 8.15 Å². The molecule has 0 aromatic carbocycles. The molecule has 1 N–H and O–H groups in total. The third-order valence-electron chi connectivity index (χ3n) is 0. The average Bonchev–Trinajstić information content (AvgIpc) is 1.25. The van der Waals surface area contributed by atoms with Crippen molar-refractivity contribution in [2.45, 2.75) is 0 Å². The number of hydrogen-bond acceptors (Lipinski definition) is 2. The summed E-state index contributed by atoms with van der Waals surface area (Å²) in [5.74, 6) is 0. The highest BCUT2D eigenvalue weighted by atomic mass is 31.1. The second-order valence-electron chi connectivity index (χ2n) is 1.66. The van der Waals surface area contributed by atoms with Gasteiger partial charge in [0.05, 0.1) is 0 Å². The first-order valence-electron chi connectivity index (χ1n) is 2.17. The smallest absolute Gasteiger partial charge is 0.332 e. The van der Waals surface area contributed by atoms with Crippen molar-refractivity contribution < 1.29 is 9.46 Å². The summed E-state index contributed by atoms with van der Waals surface area (Å²) >= 11 is 0. The SMILES string of the molecule is CP(C)O.C[P+](C)=O. The van der Waals surface area contributed by atoms with E-state index in [1.54, 1.807) is 26.7 Å². The van der Waals surface area contributed by atoms with Crippen LogP contribution in [0.4, 0.5) is 0 Å². The molecular weight excluding hydrogens is 142 g/mol. The molecule has 0 amide bonds. The monoisotopic (exact) mass is 155 g/mol. The molecule has 0 aromatic heterocycles. The summed E-state index contributed by atoms with van der Waals surface area (Å²) in [6.45, 7) is 6.93. The van der Waals surface area contributed by atoms with E-state index in [1.807, 2.05) is 0 Å². The van der Waals surface area contributed by atoms with E-state index in [2.05, 4.69) is 0 Å². The molecular formula is C4H13O2P2+. The van der Waals surface area contributed by atoms with Gasteiger partial charge in [-0.25, -0.2) is 0 Å². The molecule has 0 fully saturated rings. The molecule has 0 radical (unpaired) electrons. The lowest BCUT2D eigenvalue weighted by Gasteiger charge is -1.80. The molecule has 0 atom stereocenters. The Morgan fingerprint density at radius 1 is 1.38 bits per heavy atom. The van der Waals surface area contributed by atoms with Gasteiger partial charge in [0.25, 0.3) is 0 Å². The second kappa shape index (κ2) is 7.49. The van der Waals surface area contributed by atoms with Crippen LogP contribution in [-0.4, -0.2) is 31.6 Å². The van der Waals surface area contributed by atoms with Crippen LogP contribution in [0.25, 0.3) is 0 Å². The Balaban J connectivity index is 0. The van der Waals surface area contributed by atoms with E-state index in [0.29, 0.717) is 0 Å². The maximum atomic E-state index is 9.59. The predicted octanol–water partition coefficient (Wildman–Crippen LogP) is 1.71. The van der Waals surface area contributed by atoms with Crippen molar-refractivity contribution in [1.82, 2.24) is 0 Å². The Hall–Kier alpha value is 0.490. The Morgan fingerprint density at radius 3 is 1.38 bits per heavy atom. The molecule has 0 aliphatic heterocycles. The third kappa shape index (κ3) is 815. The van der Waals surface area contributed by atoms with Gasteiger partial charge in [0.1, 0.15) is 13.3 Å². The van der Waals surface area contributed by atoms with E-state index in [0.717, 1.165) is 0 Å². The Labute approximate surface area is 52.9 Å². The van der Waals surface area contributed by atoms with Crippen LogP contribution in [0.1, 0.15) is 0 Å². The van der Waals surface area contributed by atoms with E-state index < -0.39 is 15.9 Å². The fourth-order valence-corrected chi connectivity index (χ4v) is 0. The van der Waals surface area contributed by atoms with Crippen molar-refractivity contribution in [3.63, 3.8) is 0 Å². The van der Waals surface area contributed by atoms with E-state index in [9.17, 15) is 4.57 Å². The molecule has 8 heavy (non-hydrogen) atoms. The lowest BCUT2D eigenvalue weighted by atomic mass is 11.9. The minimum atomic E-state index is -0.870. The summed E-state index contributed by atoms with van der Waals surface area (Å²) in [6, 6.07) is 0. The molecule has 0 heterocycles. The van der Waals surface area contributed by atoms with Crippen LogP contribution in [-0.2, 0) is 4.57 Å². The van der Waals surface area contributed by atoms with Gasteiger partial charge in [-0.3, -0.25) is 0 Å². The molecule has 0 aliphatic carbocycles. The Kier molecular flexibility index (Phi) is 10.6. The van der Waals surface area contributed by atoms with Crippen LogP contribution in [0.5, 0.6) is 0 Å². The Morgan fingerprint density at radius 2 is 1.38 bits per heavy atom. The molecule has 50 valence electrons. The standard InChI is InChI=1S/C2H7OP.C2H6OP/c2*1-4(2)3/h3H,1-2H3;1-2H3/q;+1. The molecule has 0 spiro atoms. The molecule has 0 saturated heterocycles. The molecule has 2 nitrogen and oxygen atoms in total. The van der Waals surface area contributed by atoms with Gasteiger partial charge in [-0.15, -0.1) is 0 Å². The van der Waals surface area contributed by atoms with Gasteiger partial charge in [0.15, 0.2) is 0 Å². The molecule has 0 unspecified atom stereocenters. The first kappa shape index (κ1) is 11.3. The van der Waals surface area contributed by atoms with Crippen molar-refractivity contribution >= 4 is 15.9 Å². The van der Waals surface area contributed by atoms with Crippen LogP contribution in [0.3, 0.4) is 0 Å². The molecule has 4 heteroatoms. The van der Waals surface area contributed by atoms with Gasteiger partial charge in [-0.05, 0) is 13.3 Å². The van der Waals surface area contributed by atoms with Crippen LogP contribution in [0, 0.1) is 0 Å². The van der Waals surface area contributed by atoms with Gasteiger partial charge in [-0.1, -0.05) is 4.57 Å². The highest BCUT2D eigenvalue weighted by Crippen LogP contribution is 2.13. The lowest BCUT2D eigenvalue weighted by Crippen LogP contribution is -1.50. The summed E-state index contributed by atoms with van der Waals surface area (Å²) < 4.78 is 9.59. The second-order valence-corrected chi connectivity index (χ2v) is 4.98. The first-order chi connectivity index (χ1) is 3.46. The summed E-state index contributed by atoms with van der Waals surface area (Å²) in [6.07, 6.45) is 0. The van der Waals surface area contributed by atoms with Crippen LogP contribution >= 0.6 is 15.9 Å². The van der Waals surface area contributed by atoms with E-state index in [-0.39, 0.29) is 0 Å². The minimum absolute atomic E-state index is 0.620. The summed E-state index contributed by atoms with van der Waals surface area (Å²) in [5.41, 5.74) is 0. The minimum Gasteiger partial charge on any atom is -0.374 e. The molecule has 0 aromatic rings. The van der Waals surface area contributed by atoms with Crippen molar-refractivity contribution in [3.8, 4) is 0 Å². The maximum Gasteiger partial charge on any atom is 0.332 e. The lowest BCUT2D eigenvalue weighted by molar-refractivity contribution is 0.594. The van der Waals surface area contributed by atoms with Crippen molar-refractivity contribution in [3.05, 3.63) is 0 Å². The number of hydrogen-bond donors (Lipinski definition) is 1. The van der Waals surface area contributed by atoms with Gasteiger partial charge in [-0.2, -0.15) is 0 Å². The first-order valence-corrected chi connectivity index (χ1v) is 6.51.